The van der Waals surface area contributed by atoms with Crippen LogP contribution in [0.3, 0.4) is 0 Å². The van der Waals surface area contributed by atoms with E-state index < -0.39 is 0 Å². The van der Waals surface area contributed by atoms with Crippen LogP contribution in [0.5, 0.6) is 0 Å². The third-order valence-electron chi connectivity index (χ3n) is 3.74. The van der Waals surface area contributed by atoms with Gasteiger partial charge in [0.25, 0.3) is 0 Å². The number of nitrogens with zero attached hydrogens (tertiary/aromatic N) is 3. The zero-order valence-corrected chi connectivity index (χ0v) is 18.7. The first-order chi connectivity index (χ1) is 13.9. The quantitative estimate of drug-likeness (QED) is 0.306. The van der Waals surface area contributed by atoms with E-state index in [-0.39, 0.29) is 11.7 Å². The highest BCUT2D eigenvalue weighted by Crippen LogP contribution is 2.32. The topological polar surface area (TPSA) is 59.8 Å². The Balaban J connectivity index is 1.77. The Morgan fingerprint density at radius 1 is 1.07 bits per heavy atom. The number of allylic oxidation sites excluding steroid dienone is 1. The summed E-state index contributed by atoms with van der Waals surface area (Å²) < 4.78 is 1.83. The molecule has 0 saturated carbocycles. The first kappa shape index (κ1) is 22.0. The molecule has 0 unspecified atom stereocenters. The smallest absolute Gasteiger partial charge is 0.234 e. The summed E-state index contributed by atoms with van der Waals surface area (Å²) in [6, 6.07) is 10.00. The minimum atomic E-state index is -0.251. The van der Waals surface area contributed by atoms with Gasteiger partial charge in [0.15, 0.2) is 11.0 Å². The highest BCUT2D eigenvalue weighted by molar-refractivity contribution is 7.99. The molecule has 0 aliphatic carbocycles. The fourth-order valence-corrected chi connectivity index (χ4v) is 4.05. The predicted octanol–water partition coefficient (Wildman–Crippen LogP) is 6.48. The van der Waals surface area contributed by atoms with Crippen LogP contribution in [0, 0.1) is 0 Å². The van der Waals surface area contributed by atoms with Gasteiger partial charge in [-0.1, -0.05) is 64.2 Å². The largest absolute Gasteiger partial charge is 0.324 e. The normalized spacial score (nSPS) is 10.8. The number of amides is 1. The Morgan fingerprint density at radius 2 is 1.79 bits per heavy atom. The van der Waals surface area contributed by atoms with Gasteiger partial charge in [0.1, 0.15) is 0 Å². The molecule has 150 valence electrons. The number of thioether (sulfide) groups is 1. The monoisotopic (exact) mass is 486 g/mol. The number of anilines is 1. The van der Waals surface area contributed by atoms with Gasteiger partial charge in [-0.25, -0.2) is 0 Å². The van der Waals surface area contributed by atoms with E-state index in [1.165, 1.54) is 11.8 Å². The number of rotatable bonds is 7. The van der Waals surface area contributed by atoms with Crippen molar-refractivity contribution in [1.82, 2.24) is 14.8 Å². The molecular weight excluding hydrogens is 474 g/mol. The molecule has 0 radical (unpaired) electrons. The van der Waals surface area contributed by atoms with Crippen molar-refractivity contribution in [3.8, 4) is 11.4 Å². The van der Waals surface area contributed by atoms with Crippen molar-refractivity contribution >= 4 is 69.8 Å². The van der Waals surface area contributed by atoms with Gasteiger partial charge in [0.05, 0.1) is 21.5 Å². The molecule has 2 aromatic carbocycles. The lowest BCUT2D eigenvalue weighted by Gasteiger charge is -2.10. The van der Waals surface area contributed by atoms with Gasteiger partial charge in [0, 0.05) is 22.2 Å². The molecule has 0 bridgehead atoms. The molecule has 1 heterocycles. The second-order valence-electron chi connectivity index (χ2n) is 5.79. The maximum absolute atomic E-state index is 12.3. The Morgan fingerprint density at radius 3 is 2.52 bits per heavy atom. The van der Waals surface area contributed by atoms with Crippen LogP contribution < -0.4 is 5.32 Å². The van der Waals surface area contributed by atoms with Crippen LogP contribution in [0.4, 0.5) is 5.69 Å². The first-order valence-electron chi connectivity index (χ1n) is 8.26. The van der Waals surface area contributed by atoms with Crippen LogP contribution in [0.25, 0.3) is 11.4 Å². The molecule has 1 aromatic heterocycles. The van der Waals surface area contributed by atoms with Gasteiger partial charge < -0.3 is 5.32 Å². The summed E-state index contributed by atoms with van der Waals surface area (Å²) in [5.41, 5.74) is 1.14. The molecule has 1 N–H and O–H groups in total. The van der Waals surface area contributed by atoms with Gasteiger partial charge in [0.2, 0.25) is 5.91 Å². The standard InChI is InChI=1S/C19H14Cl4N4OS/c1-2-7-27-18(13-5-3-11(20)8-15(13)23)25-26-19(27)29-10-17(28)24-16-9-12(21)4-6-14(16)22/h2-6,8-9H,1,7,10H2,(H,24,28). The Bertz CT molecular complexity index is 1070. The second kappa shape index (κ2) is 9.87. The van der Waals surface area contributed by atoms with Crippen LogP contribution in [0.2, 0.25) is 20.1 Å². The summed E-state index contributed by atoms with van der Waals surface area (Å²) in [4.78, 5) is 12.3. The van der Waals surface area contributed by atoms with Crippen molar-refractivity contribution in [3.63, 3.8) is 0 Å². The zero-order chi connectivity index (χ0) is 21.0. The number of benzene rings is 2. The van der Waals surface area contributed by atoms with Crippen molar-refractivity contribution < 1.29 is 4.79 Å². The summed E-state index contributed by atoms with van der Waals surface area (Å²) in [6.45, 7) is 4.22. The molecule has 1 amide bonds. The number of hydrogen-bond acceptors (Lipinski definition) is 4. The van der Waals surface area contributed by atoms with Crippen molar-refractivity contribution in [2.75, 3.05) is 11.1 Å². The second-order valence-corrected chi connectivity index (χ2v) is 8.42. The van der Waals surface area contributed by atoms with Crippen molar-refractivity contribution in [2.45, 2.75) is 11.7 Å². The van der Waals surface area contributed by atoms with E-state index in [2.05, 4.69) is 22.1 Å². The van der Waals surface area contributed by atoms with E-state index >= 15 is 0 Å². The first-order valence-corrected chi connectivity index (χ1v) is 10.8. The SMILES string of the molecule is C=CCn1c(SCC(=O)Nc2cc(Cl)ccc2Cl)nnc1-c1ccc(Cl)cc1Cl. The molecule has 0 fully saturated rings. The molecular formula is C19H14Cl4N4OS. The lowest BCUT2D eigenvalue weighted by molar-refractivity contribution is -0.113. The van der Waals surface area contributed by atoms with Crippen LogP contribution in [-0.2, 0) is 11.3 Å². The lowest BCUT2D eigenvalue weighted by atomic mass is 10.2. The number of aromatic nitrogens is 3. The van der Waals surface area contributed by atoms with E-state index in [0.29, 0.717) is 48.9 Å². The van der Waals surface area contributed by atoms with Gasteiger partial charge in [-0.3, -0.25) is 9.36 Å². The summed E-state index contributed by atoms with van der Waals surface area (Å²) in [7, 11) is 0. The van der Waals surface area contributed by atoms with Crippen molar-refractivity contribution in [2.24, 2.45) is 0 Å². The van der Waals surface area contributed by atoms with Gasteiger partial charge in [-0.2, -0.15) is 0 Å². The zero-order valence-electron chi connectivity index (χ0n) is 14.8. The van der Waals surface area contributed by atoms with Crippen LogP contribution in [0.15, 0.2) is 54.2 Å². The highest BCUT2D eigenvalue weighted by atomic mass is 35.5. The summed E-state index contributed by atoms with van der Waals surface area (Å²) in [5.74, 6) is 0.415. The molecule has 0 saturated heterocycles. The molecule has 29 heavy (non-hydrogen) atoms. The number of hydrogen-bond donors (Lipinski definition) is 1. The Hall–Kier alpha value is -1.70. The average molecular weight is 488 g/mol. The van der Waals surface area contributed by atoms with Crippen LogP contribution in [-0.4, -0.2) is 26.4 Å². The van der Waals surface area contributed by atoms with E-state index in [9.17, 15) is 4.79 Å². The van der Waals surface area contributed by atoms with E-state index in [4.69, 9.17) is 46.4 Å². The third-order valence-corrected chi connectivity index (χ3v) is 5.81. The molecule has 0 atom stereocenters. The molecule has 10 heteroatoms. The number of nitrogens with one attached hydrogen (secondary N) is 1. The van der Waals surface area contributed by atoms with Crippen molar-refractivity contribution in [3.05, 3.63) is 69.1 Å². The highest BCUT2D eigenvalue weighted by Gasteiger charge is 2.17. The molecule has 5 nitrogen and oxygen atoms in total. The molecule has 0 aliphatic rings. The third kappa shape index (κ3) is 5.47. The maximum Gasteiger partial charge on any atom is 0.234 e. The van der Waals surface area contributed by atoms with E-state index in [1.807, 2.05) is 4.57 Å². The maximum atomic E-state index is 12.3. The van der Waals surface area contributed by atoms with Crippen LogP contribution >= 0.6 is 58.2 Å². The number of carbonyl (C=O) groups is 1. The van der Waals surface area contributed by atoms with Gasteiger partial charge in [-0.15, -0.1) is 16.8 Å². The summed E-state index contributed by atoms with van der Waals surface area (Å²) >= 11 is 25.5. The lowest BCUT2D eigenvalue weighted by Crippen LogP contribution is -2.15. The predicted molar refractivity (Wildman–Crippen MR) is 121 cm³/mol. The van der Waals surface area contributed by atoms with Gasteiger partial charge >= 0.3 is 0 Å². The molecule has 0 aliphatic heterocycles. The Kier molecular flexibility index (Phi) is 7.49. The average Bonchev–Trinajstić information content (AvgIpc) is 3.06. The molecule has 3 aromatic rings. The molecule has 0 spiro atoms. The van der Waals surface area contributed by atoms with E-state index in [0.717, 1.165) is 0 Å². The van der Waals surface area contributed by atoms with Crippen molar-refractivity contribution in [1.29, 1.82) is 0 Å². The minimum absolute atomic E-state index is 0.104. The fraction of sp³-hybridized carbons (Fsp3) is 0.105. The summed E-state index contributed by atoms with van der Waals surface area (Å²) in [6.07, 6.45) is 1.71. The Labute approximate surface area is 192 Å². The minimum Gasteiger partial charge on any atom is -0.324 e. The summed E-state index contributed by atoms with van der Waals surface area (Å²) in [5, 5.41) is 13.6. The number of halogens is 4. The number of carbonyl (C=O) groups excluding carboxylic acids is 1. The van der Waals surface area contributed by atoms with Crippen LogP contribution in [0.1, 0.15) is 0 Å². The van der Waals surface area contributed by atoms with E-state index in [1.54, 1.807) is 42.5 Å². The fourth-order valence-electron chi connectivity index (χ4n) is 2.47. The van der Waals surface area contributed by atoms with Gasteiger partial charge in [-0.05, 0) is 36.4 Å². The molecule has 3 rings (SSSR count).